The van der Waals surface area contributed by atoms with Crippen molar-refractivity contribution in [3.05, 3.63) is 78.8 Å². The van der Waals surface area contributed by atoms with Crippen molar-refractivity contribution in [3.8, 4) is 11.3 Å². The van der Waals surface area contributed by atoms with Crippen LogP contribution in [0.2, 0.25) is 0 Å². The van der Waals surface area contributed by atoms with Crippen LogP contribution in [-0.2, 0) is 0 Å². The Morgan fingerprint density at radius 3 is 2.75 bits per heavy atom. The lowest BCUT2D eigenvalue weighted by Crippen LogP contribution is -2.03. The number of nitrogens with one attached hydrogen (secondary N) is 1. The number of aromatic nitrogens is 1. The Bertz CT molecular complexity index is 1250. The first-order valence-corrected chi connectivity index (χ1v) is 10.7. The fourth-order valence-corrected chi connectivity index (χ4v) is 4.65. The maximum absolute atomic E-state index is 12.4. The van der Waals surface area contributed by atoms with E-state index in [9.17, 15) is 4.79 Å². The van der Waals surface area contributed by atoms with E-state index in [1.54, 1.807) is 11.4 Å². The Morgan fingerprint density at radius 2 is 1.96 bits per heavy atom. The number of nitrogens with zero attached hydrogens (tertiary/aromatic N) is 2. The minimum absolute atomic E-state index is 0.408. The predicted octanol–water partition coefficient (Wildman–Crippen LogP) is 6.28. The molecule has 0 spiro atoms. The lowest BCUT2D eigenvalue weighted by Gasteiger charge is -2.03. The molecule has 0 aliphatic carbocycles. The van der Waals surface area contributed by atoms with Gasteiger partial charge in [0, 0.05) is 15.2 Å². The quantitative estimate of drug-likeness (QED) is 0.196. The zero-order chi connectivity index (χ0) is 19.7. The minimum atomic E-state index is -0.434. The molecule has 2 aromatic heterocycles. The van der Waals surface area contributed by atoms with Gasteiger partial charge in [0.05, 0.1) is 21.4 Å². The summed E-state index contributed by atoms with van der Waals surface area (Å²) >= 11 is 8.24. The number of hydrazone groups is 1. The molecule has 8 heteroatoms. The van der Waals surface area contributed by atoms with Crippen LogP contribution < -0.4 is 11.1 Å². The molecule has 28 heavy (non-hydrogen) atoms. The third-order valence-electron chi connectivity index (χ3n) is 4.04. The molecule has 0 radical (unpaired) electrons. The number of halogens is 2. The summed E-state index contributed by atoms with van der Waals surface area (Å²) in [5, 5.41) is 7.57. The first kappa shape index (κ1) is 19.0. The van der Waals surface area contributed by atoms with E-state index < -0.39 is 5.63 Å². The number of hydrogen-bond donors (Lipinski definition) is 1. The highest BCUT2D eigenvalue weighted by atomic mass is 79.9. The maximum Gasteiger partial charge on any atom is 0.345 e. The summed E-state index contributed by atoms with van der Waals surface area (Å²) in [4.78, 5) is 16.9. The largest absolute Gasteiger partial charge is 0.421 e. The van der Waals surface area contributed by atoms with Gasteiger partial charge < -0.3 is 4.42 Å². The van der Waals surface area contributed by atoms with Gasteiger partial charge in [0.1, 0.15) is 0 Å². The van der Waals surface area contributed by atoms with Crippen LogP contribution in [0.3, 0.4) is 0 Å². The highest BCUT2D eigenvalue weighted by Gasteiger charge is 2.13. The molecule has 0 atom stereocenters. The van der Waals surface area contributed by atoms with E-state index in [2.05, 4.69) is 47.4 Å². The molecular weight excluding hydrogens is 506 g/mol. The molecule has 0 bridgehead atoms. The third kappa shape index (κ3) is 3.94. The van der Waals surface area contributed by atoms with Crippen LogP contribution in [0.25, 0.3) is 22.2 Å². The van der Waals surface area contributed by atoms with Crippen LogP contribution >= 0.6 is 43.2 Å². The van der Waals surface area contributed by atoms with E-state index in [1.807, 2.05) is 49.4 Å². The summed E-state index contributed by atoms with van der Waals surface area (Å²) < 4.78 is 7.09. The molecule has 0 fully saturated rings. The van der Waals surface area contributed by atoms with Crippen molar-refractivity contribution >= 4 is 65.0 Å². The standard InChI is InChI=1S/C20H13Br2N3O2S/c1-11(12-5-3-2-4-6-12)24-25-20-23-17(10-28-20)15-8-13-7-14(21)9-16(22)18(13)27-19(15)26/h2-10H,1H3,(H,23,25)/b24-11-. The highest BCUT2D eigenvalue weighted by Crippen LogP contribution is 2.31. The van der Waals surface area contributed by atoms with E-state index >= 15 is 0 Å². The Labute approximate surface area is 181 Å². The predicted molar refractivity (Wildman–Crippen MR) is 121 cm³/mol. The van der Waals surface area contributed by atoms with Gasteiger partial charge >= 0.3 is 5.63 Å². The van der Waals surface area contributed by atoms with Gasteiger partial charge in [-0.15, -0.1) is 11.3 Å². The zero-order valence-corrected chi connectivity index (χ0v) is 18.6. The molecule has 2 aromatic carbocycles. The SMILES string of the molecule is C/C(=N/Nc1nc(-c2cc3cc(Br)cc(Br)c3oc2=O)cs1)c1ccccc1. The molecular formula is C20H13Br2N3O2S. The highest BCUT2D eigenvalue weighted by molar-refractivity contribution is 9.11. The molecule has 0 unspecified atom stereocenters. The second-order valence-electron chi connectivity index (χ2n) is 5.97. The van der Waals surface area contributed by atoms with Gasteiger partial charge in [-0.05, 0) is 46.6 Å². The van der Waals surface area contributed by atoms with Gasteiger partial charge in [-0.2, -0.15) is 5.10 Å². The molecule has 0 amide bonds. The van der Waals surface area contributed by atoms with Gasteiger partial charge in [-0.3, -0.25) is 5.43 Å². The summed E-state index contributed by atoms with van der Waals surface area (Å²) in [7, 11) is 0. The second-order valence-corrected chi connectivity index (χ2v) is 8.59. The molecule has 2 heterocycles. The Morgan fingerprint density at radius 1 is 1.18 bits per heavy atom. The van der Waals surface area contributed by atoms with Crippen molar-refractivity contribution in [2.45, 2.75) is 6.92 Å². The lowest BCUT2D eigenvalue weighted by molar-refractivity contribution is 0.561. The molecule has 1 N–H and O–H groups in total. The molecule has 0 saturated heterocycles. The van der Waals surface area contributed by atoms with Gasteiger partial charge in [0.15, 0.2) is 5.58 Å². The normalized spacial score (nSPS) is 11.8. The average molecular weight is 519 g/mol. The summed E-state index contributed by atoms with van der Waals surface area (Å²) in [6.07, 6.45) is 0. The van der Waals surface area contributed by atoms with Crippen LogP contribution in [0.15, 0.2) is 77.2 Å². The first-order chi connectivity index (χ1) is 13.5. The monoisotopic (exact) mass is 517 g/mol. The van der Waals surface area contributed by atoms with Crippen LogP contribution in [0, 0.1) is 0 Å². The summed E-state index contributed by atoms with van der Waals surface area (Å²) in [6, 6.07) is 15.4. The van der Waals surface area contributed by atoms with Gasteiger partial charge in [-0.25, -0.2) is 9.78 Å². The molecule has 0 aliphatic rings. The number of thiazole rings is 1. The van der Waals surface area contributed by atoms with Gasteiger partial charge in [0.25, 0.3) is 0 Å². The first-order valence-electron chi connectivity index (χ1n) is 8.26. The Balaban J connectivity index is 1.64. The summed E-state index contributed by atoms with van der Waals surface area (Å²) in [6.45, 7) is 1.92. The smallest absolute Gasteiger partial charge is 0.345 e. The Hall–Kier alpha value is -2.29. The lowest BCUT2D eigenvalue weighted by atomic mass is 10.1. The van der Waals surface area contributed by atoms with Crippen LogP contribution in [0.5, 0.6) is 0 Å². The fraction of sp³-hybridized carbons (Fsp3) is 0.0500. The minimum Gasteiger partial charge on any atom is -0.421 e. The second kappa shape index (κ2) is 7.98. The number of anilines is 1. The van der Waals surface area contributed by atoms with Gasteiger partial charge in [-0.1, -0.05) is 46.3 Å². The molecule has 0 aliphatic heterocycles. The van der Waals surface area contributed by atoms with Crippen LogP contribution in [0.4, 0.5) is 5.13 Å². The molecule has 0 saturated carbocycles. The van der Waals surface area contributed by atoms with Crippen molar-refractivity contribution in [3.63, 3.8) is 0 Å². The van der Waals surface area contributed by atoms with Crippen molar-refractivity contribution < 1.29 is 4.42 Å². The number of hydrogen-bond acceptors (Lipinski definition) is 6. The van der Waals surface area contributed by atoms with E-state index in [0.29, 0.717) is 26.4 Å². The zero-order valence-electron chi connectivity index (χ0n) is 14.6. The van der Waals surface area contributed by atoms with E-state index in [1.165, 1.54) is 11.3 Å². The molecule has 5 nitrogen and oxygen atoms in total. The number of fused-ring (bicyclic) bond motifs is 1. The Kier molecular flexibility index (Phi) is 5.43. The van der Waals surface area contributed by atoms with Crippen molar-refractivity contribution in [1.82, 2.24) is 4.98 Å². The number of benzene rings is 2. The third-order valence-corrected chi connectivity index (χ3v) is 5.84. The molecule has 4 aromatic rings. The maximum atomic E-state index is 12.4. The topological polar surface area (TPSA) is 67.5 Å². The van der Waals surface area contributed by atoms with Crippen LogP contribution in [-0.4, -0.2) is 10.7 Å². The average Bonchev–Trinajstić information content (AvgIpc) is 3.16. The fourth-order valence-electron chi connectivity index (χ4n) is 2.66. The summed E-state index contributed by atoms with van der Waals surface area (Å²) in [5.74, 6) is 0. The van der Waals surface area contributed by atoms with Crippen molar-refractivity contribution in [1.29, 1.82) is 0 Å². The molecule has 4 rings (SSSR count). The number of rotatable bonds is 4. The summed E-state index contributed by atoms with van der Waals surface area (Å²) in [5.41, 5.74) is 5.86. The molecule has 140 valence electrons. The van der Waals surface area contributed by atoms with Crippen molar-refractivity contribution in [2.24, 2.45) is 5.10 Å². The van der Waals surface area contributed by atoms with Crippen molar-refractivity contribution in [2.75, 3.05) is 5.43 Å². The van der Waals surface area contributed by atoms with Gasteiger partial charge in [0.2, 0.25) is 5.13 Å². The van der Waals surface area contributed by atoms with E-state index in [4.69, 9.17) is 4.42 Å². The van der Waals surface area contributed by atoms with E-state index in [0.717, 1.165) is 21.1 Å². The van der Waals surface area contributed by atoms with Crippen LogP contribution in [0.1, 0.15) is 12.5 Å². The van der Waals surface area contributed by atoms with E-state index in [-0.39, 0.29) is 0 Å².